The van der Waals surface area contributed by atoms with Crippen molar-refractivity contribution in [1.82, 2.24) is 0 Å². The highest BCUT2D eigenvalue weighted by Crippen LogP contribution is 2.21. The van der Waals surface area contributed by atoms with E-state index in [9.17, 15) is 0 Å². The zero-order chi connectivity index (χ0) is 12.2. The van der Waals surface area contributed by atoms with Gasteiger partial charge in [-0.25, -0.2) is 0 Å². The van der Waals surface area contributed by atoms with E-state index in [0.29, 0.717) is 0 Å². The molecule has 0 aromatic rings. The van der Waals surface area contributed by atoms with E-state index in [-0.39, 0.29) is 0 Å². The van der Waals surface area contributed by atoms with Crippen LogP contribution in [0.5, 0.6) is 0 Å². The van der Waals surface area contributed by atoms with Crippen molar-refractivity contribution < 1.29 is 0 Å². The van der Waals surface area contributed by atoms with Gasteiger partial charge < -0.3 is 0 Å². The Morgan fingerprint density at radius 3 is 2.12 bits per heavy atom. The van der Waals surface area contributed by atoms with Gasteiger partial charge in [-0.3, -0.25) is 0 Å². The molecular weight excluding hydrogens is 212 g/mol. The summed E-state index contributed by atoms with van der Waals surface area (Å²) in [5, 5.41) is 0. The molecule has 0 heterocycles. The molecule has 0 nitrogen and oxygen atoms in total. The van der Waals surface area contributed by atoms with Crippen LogP contribution in [0, 0.1) is 5.92 Å². The van der Waals surface area contributed by atoms with Crippen LogP contribution in [0.4, 0.5) is 0 Å². The highest BCUT2D eigenvalue weighted by Gasteiger charge is 2.09. The Balaban J connectivity index is 3.73. The molecule has 1 unspecified atom stereocenters. The Labute approximate surface area is 108 Å². The van der Waals surface area contributed by atoms with Crippen LogP contribution in [-0.2, 0) is 0 Å². The number of thiocarbonyl (C=S) groups is 1. The van der Waals surface area contributed by atoms with E-state index in [1.807, 2.05) is 0 Å². The molecule has 0 aliphatic rings. The van der Waals surface area contributed by atoms with Crippen molar-refractivity contribution in [2.45, 2.75) is 85.0 Å². The van der Waals surface area contributed by atoms with E-state index in [0.717, 1.165) is 5.92 Å². The van der Waals surface area contributed by atoms with E-state index in [2.05, 4.69) is 20.8 Å². The summed E-state index contributed by atoms with van der Waals surface area (Å²) in [5.41, 5.74) is 0. The molecule has 96 valence electrons. The second kappa shape index (κ2) is 11.6. The van der Waals surface area contributed by atoms with E-state index >= 15 is 0 Å². The summed E-state index contributed by atoms with van der Waals surface area (Å²) in [4.78, 5) is 1.34. The van der Waals surface area contributed by atoms with Gasteiger partial charge in [-0.15, -0.1) is 0 Å². The Hall–Kier alpha value is 0.0900. The van der Waals surface area contributed by atoms with Crippen molar-refractivity contribution in [2.24, 2.45) is 5.92 Å². The first kappa shape index (κ1) is 16.1. The molecular formula is C15H30S. The largest absolute Gasteiger partial charge is 0.0897 e. The Kier molecular flexibility index (Phi) is 11.6. The summed E-state index contributed by atoms with van der Waals surface area (Å²) in [5.74, 6) is 0.874. The summed E-state index contributed by atoms with van der Waals surface area (Å²) in [6, 6.07) is 0. The number of unbranched alkanes of at least 4 members (excludes halogenated alkanes) is 3. The maximum Gasteiger partial charge on any atom is -0.00687 e. The minimum atomic E-state index is 0.874. The first-order valence-corrected chi connectivity index (χ1v) is 7.67. The average Bonchev–Trinajstić information content (AvgIpc) is 2.26. The van der Waals surface area contributed by atoms with Crippen molar-refractivity contribution in [1.29, 1.82) is 0 Å². The number of hydrogen-bond acceptors (Lipinski definition) is 1. The summed E-state index contributed by atoms with van der Waals surface area (Å²) in [7, 11) is 0. The smallest absolute Gasteiger partial charge is 0.00687 e. The third-order valence-electron chi connectivity index (χ3n) is 3.24. The summed E-state index contributed by atoms with van der Waals surface area (Å²) >= 11 is 5.51. The van der Waals surface area contributed by atoms with Crippen LogP contribution in [0.2, 0.25) is 0 Å². The first-order valence-electron chi connectivity index (χ1n) is 7.26. The van der Waals surface area contributed by atoms with E-state index in [4.69, 9.17) is 12.2 Å². The van der Waals surface area contributed by atoms with Gasteiger partial charge in [-0.1, -0.05) is 77.9 Å². The number of hydrogen-bond donors (Lipinski definition) is 0. The third-order valence-corrected chi connectivity index (χ3v) is 3.61. The molecule has 0 amide bonds. The predicted octanol–water partition coefficient (Wildman–Crippen LogP) is 5.93. The quantitative estimate of drug-likeness (QED) is 0.319. The SMILES string of the molecule is CCCCCC(=S)CC(CCC)CCCC. The predicted molar refractivity (Wildman–Crippen MR) is 79.3 cm³/mol. The molecule has 0 aliphatic carbocycles. The first-order chi connectivity index (χ1) is 7.74. The minimum absolute atomic E-state index is 0.874. The van der Waals surface area contributed by atoms with Crippen LogP contribution < -0.4 is 0 Å². The van der Waals surface area contributed by atoms with Crippen molar-refractivity contribution in [3.05, 3.63) is 0 Å². The highest BCUT2D eigenvalue weighted by molar-refractivity contribution is 7.80. The van der Waals surface area contributed by atoms with Gasteiger partial charge in [0.2, 0.25) is 0 Å². The zero-order valence-corrected chi connectivity index (χ0v) is 12.4. The lowest BCUT2D eigenvalue weighted by Crippen LogP contribution is -2.07. The van der Waals surface area contributed by atoms with Crippen LogP contribution in [0.3, 0.4) is 0 Å². The molecule has 0 saturated heterocycles. The van der Waals surface area contributed by atoms with Crippen molar-refractivity contribution in [2.75, 3.05) is 0 Å². The fourth-order valence-electron chi connectivity index (χ4n) is 2.25. The maximum absolute atomic E-state index is 5.51. The molecule has 0 N–H and O–H groups in total. The average molecular weight is 242 g/mol. The summed E-state index contributed by atoms with van der Waals surface area (Å²) in [6.45, 7) is 6.83. The van der Waals surface area contributed by atoms with Gasteiger partial charge in [0.15, 0.2) is 0 Å². The molecule has 0 aliphatic heterocycles. The van der Waals surface area contributed by atoms with E-state index in [1.54, 1.807) is 0 Å². The van der Waals surface area contributed by atoms with Gasteiger partial charge in [-0.2, -0.15) is 0 Å². The molecule has 1 atom stereocenters. The van der Waals surface area contributed by atoms with Gasteiger partial charge in [-0.05, 0) is 30.0 Å². The second-order valence-corrected chi connectivity index (χ2v) is 5.57. The Bertz CT molecular complexity index is 163. The second-order valence-electron chi connectivity index (χ2n) is 5.00. The monoisotopic (exact) mass is 242 g/mol. The lowest BCUT2D eigenvalue weighted by atomic mass is 9.91. The van der Waals surface area contributed by atoms with Gasteiger partial charge >= 0.3 is 0 Å². The fourth-order valence-corrected chi connectivity index (χ4v) is 2.63. The van der Waals surface area contributed by atoms with Crippen LogP contribution in [0.1, 0.15) is 85.0 Å². The number of rotatable bonds is 11. The minimum Gasteiger partial charge on any atom is -0.0897 e. The van der Waals surface area contributed by atoms with Crippen LogP contribution in [0.25, 0.3) is 0 Å². The zero-order valence-electron chi connectivity index (χ0n) is 11.6. The summed E-state index contributed by atoms with van der Waals surface area (Å²) < 4.78 is 0. The maximum atomic E-state index is 5.51. The van der Waals surface area contributed by atoms with Gasteiger partial charge in [0.05, 0.1) is 0 Å². The molecule has 0 spiro atoms. The van der Waals surface area contributed by atoms with E-state index < -0.39 is 0 Å². The van der Waals surface area contributed by atoms with E-state index in [1.165, 1.54) is 69.1 Å². The standard InChI is InChI=1S/C15H30S/c1-4-7-9-12-15(16)13-14(10-6-3)11-8-5-2/h14H,4-13H2,1-3H3. The van der Waals surface area contributed by atoms with Crippen LogP contribution >= 0.6 is 12.2 Å². The summed E-state index contributed by atoms with van der Waals surface area (Å²) in [6.07, 6.45) is 13.1. The molecule has 16 heavy (non-hydrogen) atoms. The molecule has 0 aromatic carbocycles. The van der Waals surface area contributed by atoms with Crippen LogP contribution in [0.15, 0.2) is 0 Å². The molecule has 0 aromatic heterocycles. The fraction of sp³-hybridized carbons (Fsp3) is 0.933. The molecule has 0 bridgehead atoms. The van der Waals surface area contributed by atoms with Gasteiger partial charge in [0.1, 0.15) is 0 Å². The molecule has 0 rings (SSSR count). The van der Waals surface area contributed by atoms with Crippen LogP contribution in [-0.4, -0.2) is 4.86 Å². The molecule has 0 fully saturated rings. The van der Waals surface area contributed by atoms with Gasteiger partial charge in [0, 0.05) is 0 Å². The van der Waals surface area contributed by atoms with Gasteiger partial charge in [0.25, 0.3) is 0 Å². The lowest BCUT2D eigenvalue weighted by Gasteiger charge is -2.16. The third kappa shape index (κ3) is 9.33. The lowest BCUT2D eigenvalue weighted by molar-refractivity contribution is 0.442. The normalized spacial score (nSPS) is 12.7. The molecule has 0 radical (unpaired) electrons. The Morgan fingerprint density at radius 1 is 0.875 bits per heavy atom. The molecule has 0 saturated carbocycles. The van der Waals surface area contributed by atoms with Crippen molar-refractivity contribution >= 4 is 17.1 Å². The molecule has 1 heteroatoms. The van der Waals surface area contributed by atoms with Crippen molar-refractivity contribution in [3.8, 4) is 0 Å². The Morgan fingerprint density at radius 2 is 1.56 bits per heavy atom. The topological polar surface area (TPSA) is 0 Å². The van der Waals surface area contributed by atoms with Crippen molar-refractivity contribution in [3.63, 3.8) is 0 Å². The highest BCUT2D eigenvalue weighted by atomic mass is 32.1.